The van der Waals surface area contributed by atoms with Crippen LogP contribution in [0.3, 0.4) is 0 Å². The number of hydrogen-bond donors (Lipinski definition) is 0. The fraction of sp³-hybridized carbons (Fsp3) is 0.600. The fourth-order valence-corrected chi connectivity index (χ4v) is 4.58. The second-order valence-electron chi connectivity index (χ2n) is 7.32. The molecule has 0 N–H and O–H groups in total. The molecule has 1 unspecified atom stereocenters. The summed E-state index contributed by atoms with van der Waals surface area (Å²) in [6.07, 6.45) is 5.98. The van der Waals surface area contributed by atoms with Crippen LogP contribution in [-0.2, 0) is 4.79 Å². The van der Waals surface area contributed by atoms with Gasteiger partial charge in [0.2, 0.25) is 11.1 Å². The Kier molecular flexibility index (Phi) is 6.52. The topological polar surface area (TPSA) is 63.9 Å². The number of thioether (sulfide) groups is 1. The third-order valence-corrected chi connectivity index (χ3v) is 6.47. The number of rotatable bonds is 6. The first kappa shape index (κ1) is 19.9. The molecule has 6 nitrogen and oxygen atoms in total. The van der Waals surface area contributed by atoms with Crippen molar-refractivity contribution in [1.82, 2.24) is 25.1 Å². The van der Waals surface area contributed by atoms with Gasteiger partial charge in [0.1, 0.15) is 0 Å². The Morgan fingerprint density at radius 2 is 2.00 bits per heavy atom. The van der Waals surface area contributed by atoms with Crippen molar-refractivity contribution in [2.75, 3.05) is 6.54 Å². The number of carbonyl (C=O) groups is 1. The van der Waals surface area contributed by atoms with Crippen molar-refractivity contribution >= 4 is 17.7 Å². The summed E-state index contributed by atoms with van der Waals surface area (Å²) in [6.45, 7) is 8.95. The quantitative estimate of drug-likeness (QED) is 0.703. The number of tetrazole rings is 1. The lowest BCUT2D eigenvalue weighted by molar-refractivity contribution is -0.133. The van der Waals surface area contributed by atoms with Gasteiger partial charge < -0.3 is 4.90 Å². The van der Waals surface area contributed by atoms with Gasteiger partial charge in [0.15, 0.2) is 0 Å². The smallest absolute Gasteiger partial charge is 0.236 e. The van der Waals surface area contributed by atoms with Gasteiger partial charge in [0.25, 0.3) is 0 Å². The molecule has 1 aliphatic carbocycles. The van der Waals surface area contributed by atoms with Crippen LogP contribution in [0.15, 0.2) is 23.4 Å². The SMILES string of the molecule is CCN(C(=O)C(C)Sc1nnnn1-c1ccc(C)c(C)c1)C1CCCCC1. The molecule has 1 heterocycles. The third-order valence-electron chi connectivity index (χ3n) is 5.45. The zero-order chi connectivity index (χ0) is 19.4. The molecular formula is C20H29N5OS. The van der Waals surface area contributed by atoms with Crippen LogP contribution in [0.2, 0.25) is 0 Å². The van der Waals surface area contributed by atoms with Crippen LogP contribution >= 0.6 is 11.8 Å². The Morgan fingerprint density at radius 3 is 2.67 bits per heavy atom. The minimum Gasteiger partial charge on any atom is -0.339 e. The minimum absolute atomic E-state index is 0.184. The first-order valence-corrected chi connectivity index (χ1v) is 10.7. The molecule has 0 saturated heterocycles. The number of aryl methyl sites for hydroxylation is 2. The van der Waals surface area contributed by atoms with E-state index in [2.05, 4.69) is 53.3 Å². The van der Waals surface area contributed by atoms with Crippen molar-refractivity contribution in [3.05, 3.63) is 29.3 Å². The molecule has 0 aliphatic heterocycles. The Labute approximate surface area is 165 Å². The average Bonchev–Trinajstić information content (AvgIpc) is 3.13. The molecule has 0 spiro atoms. The zero-order valence-electron chi connectivity index (χ0n) is 16.7. The van der Waals surface area contributed by atoms with Crippen molar-refractivity contribution in [2.45, 2.75) is 76.2 Å². The molecule has 3 rings (SSSR count). The Balaban J connectivity index is 1.74. The van der Waals surface area contributed by atoms with E-state index >= 15 is 0 Å². The zero-order valence-corrected chi connectivity index (χ0v) is 17.5. The maximum atomic E-state index is 13.1. The van der Waals surface area contributed by atoms with E-state index in [1.165, 1.54) is 42.2 Å². The van der Waals surface area contributed by atoms with Crippen molar-refractivity contribution in [2.24, 2.45) is 0 Å². The maximum absolute atomic E-state index is 13.1. The molecule has 1 fully saturated rings. The summed E-state index contributed by atoms with van der Waals surface area (Å²) in [6, 6.07) is 6.53. The Hall–Kier alpha value is -1.89. The van der Waals surface area contributed by atoms with Gasteiger partial charge in [0.05, 0.1) is 10.9 Å². The highest BCUT2D eigenvalue weighted by atomic mass is 32.2. The summed E-state index contributed by atoms with van der Waals surface area (Å²) >= 11 is 1.43. The van der Waals surface area contributed by atoms with Gasteiger partial charge in [-0.1, -0.05) is 37.1 Å². The first-order valence-electron chi connectivity index (χ1n) is 9.84. The van der Waals surface area contributed by atoms with Crippen LogP contribution in [0.4, 0.5) is 0 Å². The predicted octanol–water partition coefficient (Wildman–Crippen LogP) is 3.94. The number of aromatic nitrogens is 4. The highest BCUT2D eigenvalue weighted by molar-refractivity contribution is 8.00. The average molecular weight is 388 g/mol. The van der Waals surface area contributed by atoms with Crippen LogP contribution in [0.5, 0.6) is 0 Å². The number of amides is 1. The summed E-state index contributed by atoms with van der Waals surface area (Å²) in [4.78, 5) is 15.1. The molecule has 0 radical (unpaired) electrons. The molecule has 1 aliphatic rings. The number of hydrogen-bond acceptors (Lipinski definition) is 5. The van der Waals surface area contributed by atoms with E-state index in [0.29, 0.717) is 11.2 Å². The lowest BCUT2D eigenvalue weighted by Crippen LogP contribution is -2.44. The molecule has 1 saturated carbocycles. The monoisotopic (exact) mass is 387 g/mol. The Morgan fingerprint density at radius 1 is 1.26 bits per heavy atom. The highest BCUT2D eigenvalue weighted by Gasteiger charge is 2.29. The highest BCUT2D eigenvalue weighted by Crippen LogP contribution is 2.28. The fourth-order valence-electron chi connectivity index (χ4n) is 3.70. The Bertz CT molecular complexity index is 784. The number of benzene rings is 1. The maximum Gasteiger partial charge on any atom is 0.236 e. The van der Waals surface area contributed by atoms with E-state index in [0.717, 1.165) is 25.1 Å². The van der Waals surface area contributed by atoms with E-state index in [4.69, 9.17) is 0 Å². The molecule has 146 valence electrons. The van der Waals surface area contributed by atoms with Gasteiger partial charge in [-0.3, -0.25) is 4.79 Å². The van der Waals surface area contributed by atoms with Gasteiger partial charge in [0, 0.05) is 12.6 Å². The van der Waals surface area contributed by atoms with Crippen LogP contribution in [-0.4, -0.2) is 48.9 Å². The van der Waals surface area contributed by atoms with Crippen molar-refractivity contribution in [3.8, 4) is 5.69 Å². The minimum atomic E-state index is -0.219. The molecule has 7 heteroatoms. The lowest BCUT2D eigenvalue weighted by Gasteiger charge is -2.35. The van der Waals surface area contributed by atoms with Crippen molar-refractivity contribution in [1.29, 1.82) is 0 Å². The van der Waals surface area contributed by atoms with E-state index in [-0.39, 0.29) is 11.2 Å². The first-order chi connectivity index (χ1) is 13.0. The predicted molar refractivity (Wildman–Crippen MR) is 108 cm³/mol. The summed E-state index contributed by atoms with van der Waals surface area (Å²) in [5.74, 6) is 0.184. The van der Waals surface area contributed by atoms with Gasteiger partial charge in [-0.2, -0.15) is 4.68 Å². The van der Waals surface area contributed by atoms with Gasteiger partial charge in [-0.25, -0.2) is 0 Å². The largest absolute Gasteiger partial charge is 0.339 e. The van der Waals surface area contributed by atoms with Crippen LogP contribution in [0, 0.1) is 13.8 Å². The summed E-state index contributed by atoms with van der Waals surface area (Å²) in [7, 11) is 0. The molecule has 0 bridgehead atoms. The number of nitrogens with zero attached hydrogens (tertiary/aromatic N) is 5. The molecule has 1 aromatic carbocycles. The normalized spacial score (nSPS) is 16.3. The van der Waals surface area contributed by atoms with Crippen LogP contribution in [0.1, 0.15) is 57.1 Å². The molecule has 1 atom stereocenters. The van der Waals surface area contributed by atoms with Gasteiger partial charge >= 0.3 is 0 Å². The standard InChI is InChI=1S/C20H29N5OS/c1-5-24(17-9-7-6-8-10-17)19(26)16(4)27-20-21-22-23-25(20)18-12-11-14(2)15(3)13-18/h11-13,16-17H,5-10H2,1-4H3. The lowest BCUT2D eigenvalue weighted by atomic mass is 9.94. The van der Waals surface area contributed by atoms with Crippen LogP contribution in [0.25, 0.3) is 5.69 Å². The molecule has 2 aromatic rings. The summed E-state index contributed by atoms with van der Waals surface area (Å²) in [5.41, 5.74) is 3.35. The van der Waals surface area contributed by atoms with Crippen molar-refractivity contribution in [3.63, 3.8) is 0 Å². The van der Waals surface area contributed by atoms with E-state index in [1.54, 1.807) is 4.68 Å². The van der Waals surface area contributed by atoms with E-state index in [1.807, 2.05) is 13.0 Å². The third kappa shape index (κ3) is 4.51. The molecule has 27 heavy (non-hydrogen) atoms. The van der Waals surface area contributed by atoms with Crippen LogP contribution < -0.4 is 0 Å². The molecular weight excluding hydrogens is 358 g/mol. The molecule has 1 amide bonds. The number of carbonyl (C=O) groups excluding carboxylic acids is 1. The summed E-state index contributed by atoms with van der Waals surface area (Å²) in [5, 5.41) is 12.6. The van der Waals surface area contributed by atoms with E-state index in [9.17, 15) is 4.79 Å². The second kappa shape index (κ2) is 8.87. The molecule has 1 aromatic heterocycles. The van der Waals surface area contributed by atoms with Gasteiger partial charge in [-0.15, -0.1) is 5.10 Å². The second-order valence-corrected chi connectivity index (χ2v) is 8.63. The summed E-state index contributed by atoms with van der Waals surface area (Å²) < 4.78 is 1.72. The van der Waals surface area contributed by atoms with E-state index < -0.39 is 0 Å². The van der Waals surface area contributed by atoms with Gasteiger partial charge in [-0.05, 0) is 74.2 Å². The van der Waals surface area contributed by atoms with Crippen molar-refractivity contribution < 1.29 is 4.79 Å².